The molecular formula is C74H64N8O6. The Kier molecular flexibility index (Phi) is 17.5. The molecule has 5 N–H and O–H groups in total. The lowest BCUT2D eigenvalue weighted by Crippen LogP contribution is -2.10. The number of hydrogen-bond donors (Lipinski definition) is 5. The predicted octanol–water partition coefficient (Wildman–Crippen LogP) is 15.2. The molecule has 88 heavy (non-hydrogen) atoms. The molecule has 0 fully saturated rings. The summed E-state index contributed by atoms with van der Waals surface area (Å²) in [6.45, 7) is 0. The molecule has 436 valence electrons. The summed E-state index contributed by atoms with van der Waals surface area (Å²) >= 11 is 0. The lowest BCUT2D eigenvalue weighted by molar-refractivity contribution is -0.140. The number of aromatic nitrogens is 8. The minimum atomic E-state index is -0.969. The van der Waals surface area contributed by atoms with Crippen LogP contribution in [-0.2, 0) is 40.0 Å². The standard InChI is InChI=1S/C74H64N8O6/c1-87-65(85)43-39-61-68(52-23-13-6-14-24-52)76-81-73(61)57-27-16-28-58(46-57)74-62(40-44-66(86)88-2)70(78-82-74)54-35-31-48(32-36-54)47-29-33-53(34-30-47)69-60(38-42-64(84)50-19-9-4-10-20-50)72(80-77-69)56-26-15-25-55(45-56)71-59(37-41-63(83)49-17-7-3-8-18-49)67(75-79-71)51-21-11-5-12-22-51/h3-36,45-46,66,86H,37-44H2,1-2H3,(H,75,79)(H,76,81)(H,77,80)(H,78,82). The van der Waals surface area contributed by atoms with Crippen LogP contribution in [0.25, 0.3) is 101 Å². The Bertz CT molecular complexity index is 4360. The van der Waals surface area contributed by atoms with E-state index in [1.807, 2.05) is 158 Å². The van der Waals surface area contributed by atoms with E-state index < -0.39 is 6.29 Å². The van der Waals surface area contributed by atoms with Crippen molar-refractivity contribution in [3.05, 3.63) is 252 Å². The molecule has 0 amide bonds. The number of H-pyrrole nitrogens is 4. The van der Waals surface area contributed by atoms with Crippen molar-refractivity contribution in [1.29, 1.82) is 0 Å². The van der Waals surface area contributed by atoms with E-state index in [1.165, 1.54) is 14.2 Å². The molecule has 0 aliphatic carbocycles. The summed E-state index contributed by atoms with van der Waals surface area (Å²) in [6, 6.07) is 71.6. The van der Waals surface area contributed by atoms with E-state index in [0.29, 0.717) is 49.7 Å². The summed E-state index contributed by atoms with van der Waals surface area (Å²) in [5.41, 5.74) is 20.6. The van der Waals surface area contributed by atoms with E-state index in [1.54, 1.807) is 0 Å². The van der Waals surface area contributed by atoms with E-state index in [0.717, 1.165) is 123 Å². The highest BCUT2D eigenvalue weighted by Gasteiger charge is 2.25. The lowest BCUT2D eigenvalue weighted by atomic mass is 9.93. The molecule has 4 heterocycles. The topological polar surface area (TPSA) is 205 Å². The molecule has 12 rings (SSSR count). The van der Waals surface area contributed by atoms with Gasteiger partial charge in [0.2, 0.25) is 0 Å². The van der Waals surface area contributed by atoms with Crippen LogP contribution in [0.5, 0.6) is 0 Å². The van der Waals surface area contributed by atoms with E-state index in [2.05, 4.69) is 81.1 Å². The van der Waals surface area contributed by atoms with Crippen LogP contribution in [0.3, 0.4) is 0 Å². The SMILES string of the molecule is COC(=O)CCc1c(-c2ccccc2)n[nH]c1-c1cccc(-c2[nH]nc(-c3ccc(-c4ccc(-c5n[nH]c(-c6cccc(-c7[nH]nc(-c8ccccc8)c7CCC(=O)c7ccccc7)c6)c5CCC(=O)c5ccccc5)cc4)cc3)c2CCC(O)OC)c1. The number of rotatable bonds is 24. The molecule has 0 aliphatic heterocycles. The Balaban J connectivity index is 0.834. The van der Waals surface area contributed by atoms with Crippen LogP contribution in [0, 0.1) is 0 Å². The van der Waals surface area contributed by atoms with Crippen LogP contribution in [0.1, 0.15) is 68.7 Å². The molecule has 0 spiro atoms. The Labute approximate surface area is 509 Å². The quantitative estimate of drug-likeness (QED) is 0.0220. The first kappa shape index (κ1) is 57.7. The number of hydrogen-bond acceptors (Lipinski definition) is 10. The van der Waals surface area contributed by atoms with Gasteiger partial charge in [-0.05, 0) is 48.9 Å². The van der Waals surface area contributed by atoms with Gasteiger partial charge in [-0.25, -0.2) is 0 Å². The lowest BCUT2D eigenvalue weighted by Gasteiger charge is -2.12. The Morgan fingerprint density at radius 1 is 0.364 bits per heavy atom. The first-order valence-electron chi connectivity index (χ1n) is 29.5. The molecule has 8 aromatic carbocycles. The third kappa shape index (κ3) is 12.7. The molecule has 0 aliphatic rings. The number of esters is 1. The Morgan fingerprint density at radius 2 is 0.659 bits per heavy atom. The fourth-order valence-corrected chi connectivity index (χ4v) is 11.6. The summed E-state index contributed by atoms with van der Waals surface area (Å²) in [5.74, 6) is -0.198. The monoisotopic (exact) mass is 1160 g/mol. The molecule has 12 aromatic rings. The van der Waals surface area contributed by atoms with Gasteiger partial charge in [-0.3, -0.25) is 34.8 Å². The van der Waals surface area contributed by atoms with Gasteiger partial charge in [0.1, 0.15) is 0 Å². The highest BCUT2D eigenvalue weighted by atomic mass is 16.6. The molecule has 0 bridgehead atoms. The third-order valence-corrected chi connectivity index (χ3v) is 16.2. The number of Topliss-reactive ketones (excluding diaryl/α,β-unsaturated/α-hetero) is 2. The number of aliphatic hydroxyl groups is 1. The predicted molar refractivity (Wildman–Crippen MR) is 344 cm³/mol. The van der Waals surface area contributed by atoms with Crippen LogP contribution in [-0.4, -0.2) is 83.9 Å². The van der Waals surface area contributed by atoms with Crippen LogP contribution in [0.4, 0.5) is 0 Å². The number of carbonyl (C=O) groups is 3. The summed E-state index contributed by atoms with van der Waals surface area (Å²) in [6.07, 6.45) is 1.97. The van der Waals surface area contributed by atoms with Gasteiger partial charge in [0, 0.05) is 111 Å². The van der Waals surface area contributed by atoms with E-state index in [-0.39, 0.29) is 30.4 Å². The fourth-order valence-electron chi connectivity index (χ4n) is 11.6. The molecule has 14 nitrogen and oxygen atoms in total. The smallest absolute Gasteiger partial charge is 0.305 e. The number of ether oxygens (including phenoxy) is 2. The molecule has 1 atom stereocenters. The number of methoxy groups -OCH3 is 2. The number of ketones is 2. The van der Waals surface area contributed by atoms with E-state index >= 15 is 0 Å². The van der Waals surface area contributed by atoms with E-state index in [4.69, 9.17) is 29.9 Å². The molecule has 0 radical (unpaired) electrons. The van der Waals surface area contributed by atoms with Gasteiger partial charge in [0.15, 0.2) is 17.9 Å². The van der Waals surface area contributed by atoms with Crippen LogP contribution in [0.2, 0.25) is 0 Å². The van der Waals surface area contributed by atoms with Gasteiger partial charge < -0.3 is 14.6 Å². The van der Waals surface area contributed by atoms with Gasteiger partial charge in [-0.2, -0.15) is 20.4 Å². The third-order valence-electron chi connectivity index (χ3n) is 16.2. The second-order valence-corrected chi connectivity index (χ2v) is 21.6. The van der Waals surface area contributed by atoms with Crippen molar-refractivity contribution in [2.75, 3.05) is 14.2 Å². The average Bonchev–Trinajstić information content (AvgIpc) is 3.59. The molecule has 0 saturated heterocycles. The zero-order valence-electron chi connectivity index (χ0n) is 48.8. The van der Waals surface area contributed by atoms with Gasteiger partial charge >= 0.3 is 5.97 Å². The van der Waals surface area contributed by atoms with Crippen molar-refractivity contribution in [1.82, 2.24) is 40.8 Å². The highest BCUT2D eigenvalue weighted by Crippen LogP contribution is 2.40. The van der Waals surface area contributed by atoms with Crippen molar-refractivity contribution < 1.29 is 29.0 Å². The van der Waals surface area contributed by atoms with Crippen LogP contribution >= 0.6 is 0 Å². The first-order valence-corrected chi connectivity index (χ1v) is 29.5. The number of carbonyl (C=O) groups excluding carboxylic acids is 3. The Hall–Kier alpha value is -10.7. The molecule has 4 aromatic heterocycles. The second-order valence-electron chi connectivity index (χ2n) is 21.6. The molecule has 0 saturated carbocycles. The largest absolute Gasteiger partial charge is 0.469 e. The number of benzene rings is 8. The van der Waals surface area contributed by atoms with Gasteiger partial charge in [-0.1, -0.05) is 206 Å². The summed E-state index contributed by atoms with van der Waals surface area (Å²) in [7, 11) is 2.89. The number of nitrogens with one attached hydrogen (secondary N) is 4. The maximum atomic E-state index is 13.8. The zero-order valence-corrected chi connectivity index (χ0v) is 48.8. The van der Waals surface area contributed by atoms with Crippen molar-refractivity contribution in [2.45, 2.75) is 57.7 Å². The summed E-state index contributed by atoms with van der Waals surface area (Å²) in [4.78, 5) is 39.6. The van der Waals surface area contributed by atoms with Crippen molar-refractivity contribution in [3.8, 4) is 101 Å². The summed E-state index contributed by atoms with van der Waals surface area (Å²) in [5, 5.41) is 43.4. The number of aromatic amines is 4. The highest BCUT2D eigenvalue weighted by molar-refractivity contribution is 5.97. The Morgan fingerprint density at radius 3 is 1.00 bits per heavy atom. The number of nitrogens with zero attached hydrogens (tertiary/aromatic N) is 4. The zero-order chi connectivity index (χ0) is 60.3. The van der Waals surface area contributed by atoms with Crippen molar-refractivity contribution in [2.24, 2.45) is 0 Å². The summed E-state index contributed by atoms with van der Waals surface area (Å²) < 4.78 is 10.3. The van der Waals surface area contributed by atoms with Crippen LogP contribution < -0.4 is 0 Å². The first-order chi connectivity index (χ1) is 43.2. The minimum Gasteiger partial charge on any atom is -0.469 e. The molecule has 14 heteroatoms. The fraction of sp³-hybridized carbons (Fsp3) is 0.149. The maximum Gasteiger partial charge on any atom is 0.305 e. The molecular weight excluding hydrogens is 1100 g/mol. The van der Waals surface area contributed by atoms with Gasteiger partial charge in [0.05, 0.1) is 52.7 Å². The number of aliphatic hydroxyl groups excluding tert-OH is 1. The van der Waals surface area contributed by atoms with Crippen LogP contribution in [0.15, 0.2) is 218 Å². The van der Waals surface area contributed by atoms with Gasteiger partial charge in [-0.15, -0.1) is 0 Å². The van der Waals surface area contributed by atoms with Crippen molar-refractivity contribution >= 4 is 17.5 Å². The van der Waals surface area contributed by atoms with E-state index in [9.17, 15) is 19.5 Å². The molecule has 1 unspecified atom stereocenters. The normalized spacial score (nSPS) is 11.6. The minimum absolute atomic E-state index is 0.0403. The maximum absolute atomic E-state index is 13.8. The van der Waals surface area contributed by atoms with Crippen molar-refractivity contribution in [3.63, 3.8) is 0 Å². The average molecular weight is 1160 g/mol. The second kappa shape index (κ2) is 26.7. The van der Waals surface area contributed by atoms with Gasteiger partial charge in [0.25, 0.3) is 0 Å².